The van der Waals surface area contributed by atoms with Crippen LogP contribution < -0.4 is 0 Å². The topological polar surface area (TPSA) is 43.4 Å². The van der Waals surface area contributed by atoms with Crippen LogP contribution in [0.5, 0.6) is 0 Å². The molecule has 2 atom stereocenters. The van der Waals surface area contributed by atoms with Gasteiger partial charge in [0.2, 0.25) is 0 Å². The Labute approximate surface area is 72.1 Å². The molecule has 1 fully saturated rings. The van der Waals surface area contributed by atoms with Gasteiger partial charge in [0.05, 0.1) is 13.0 Å². The summed E-state index contributed by atoms with van der Waals surface area (Å²) in [6.45, 7) is 1.91. The van der Waals surface area contributed by atoms with E-state index < -0.39 is 0 Å². The number of hydrogen-bond acceptors (Lipinski definition) is 3. The minimum Gasteiger partial charge on any atom is -0.469 e. The first-order valence-corrected chi connectivity index (χ1v) is 4.25. The Morgan fingerprint density at radius 1 is 1.50 bits per heavy atom. The molecule has 0 aliphatic heterocycles. The number of ketones is 1. The Balaban J connectivity index is 2.51. The molecule has 0 aromatic rings. The molecular weight excluding hydrogens is 156 g/mol. The summed E-state index contributed by atoms with van der Waals surface area (Å²) in [5.41, 5.74) is 0. The number of hydrogen-bond donors (Lipinski definition) is 0. The Hall–Kier alpha value is -0.860. The Morgan fingerprint density at radius 2 is 2.17 bits per heavy atom. The van der Waals surface area contributed by atoms with Crippen LogP contribution >= 0.6 is 0 Å². The van der Waals surface area contributed by atoms with Crippen LogP contribution in [0, 0.1) is 11.8 Å². The average Bonchev–Trinajstić information content (AvgIpc) is 2.08. The van der Waals surface area contributed by atoms with Crippen LogP contribution in [-0.2, 0) is 14.3 Å². The van der Waals surface area contributed by atoms with Gasteiger partial charge in [0.25, 0.3) is 0 Å². The Kier molecular flexibility index (Phi) is 2.84. The van der Waals surface area contributed by atoms with Gasteiger partial charge in [-0.1, -0.05) is 6.92 Å². The number of rotatable bonds is 1. The first-order valence-electron chi connectivity index (χ1n) is 4.25. The van der Waals surface area contributed by atoms with Gasteiger partial charge in [0, 0.05) is 12.3 Å². The van der Waals surface area contributed by atoms with Crippen molar-refractivity contribution in [1.29, 1.82) is 0 Å². The lowest BCUT2D eigenvalue weighted by atomic mass is 9.82. The van der Waals surface area contributed by atoms with E-state index in [0.29, 0.717) is 6.42 Å². The van der Waals surface area contributed by atoms with Gasteiger partial charge >= 0.3 is 5.97 Å². The monoisotopic (exact) mass is 170 g/mol. The lowest BCUT2D eigenvalue weighted by molar-refractivity contribution is -0.149. The third-order valence-corrected chi connectivity index (χ3v) is 2.48. The predicted octanol–water partition coefficient (Wildman–Crippen LogP) is 1.16. The fraction of sp³-hybridized carbons (Fsp3) is 0.778. The number of Topliss-reactive ketones (excluding diaryl/α,β-unsaturated/α-hetero) is 1. The number of ether oxygens (including phenoxy) is 1. The molecule has 1 aliphatic carbocycles. The number of esters is 1. The van der Waals surface area contributed by atoms with Crippen LogP contribution in [0.2, 0.25) is 0 Å². The molecule has 1 rings (SSSR count). The lowest BCUT2D eigenvalue weighted by Gasteiger charge is -2.22. The van der Waals surface area contributed by atoms with Crippen LogP contribution in [0.15, 0.2) is 0 Å². The third kappa shape index (κ3) is 1.84. The highest BCUT2D eigenvalue weighted by atomic mass is 16.5. The maximum absolute atomic E-state index is 11.2. The van der Waals surface area contributed by atoms with Gasteiger partial charge in [-0.25, -0.2) is 0 Å². The number of methoxy groups -OCH3 is 1. The van der Waals surface area contributed by atoms with Crippen molar-refractivity contribution in [1.82, 2.24) is 0 Å². The summed E-state index contributed by atoms with van der Waals surface area (Å²) in [7, 11) is 1.37. The van der Waals surface area contributed by atoms with E-state index in [1.165, 1.54) is 7.11 Å². The molecule has 0 bridgehead atoms. The molecule has 0 radical (unpaired) electrons. The summed E-state index contributed by atoms with van der Waals surface area (Å²) in [6, 6.07) is 0. The highest BCUT2D eigenvalue weighted by molar-refractivity contribution is 5.87. The second kappa shape index (κ2) is 3.70. The largest absolute Gasteiger partial charge is 0.469 e. The fourth-order valence-corrected chi connectivity index (χ4v) is 1.53. The molecule has 0 aromatic heterocycles. The van der Waals surface area contributed by atoms with E-state index in [9.17, 15) is 9.59 Å². The highest BCUT2D eigenvalue weighted by Crippen LogP contribution is 2.26. The zero-order valence-electron chi connectivity index (χ0n) is 7.50. The third-order valence-electron chi connectivity index (χ3n) is 2.48. The molecule has 0 heterocycles. The molecule has 3 nitrogen and oxygen atoms in total. The van der Waals surface area contributed by atoms with Crippen LogP contribution in [0.3, 0.4) is 0 Å². The van der Waals surface area contributed by atoms with E-state index in [-0.39, 0.29) is 23.6 Å². The van der Waals surface area contributed by atoms with Crippen LogP contribution in [0.1, 0.15) is 26.2 Å². The number of carbonyl (C=O) groups excluding carboxylic acids is 2. The summed E-state index contributed by atoms with van der Waals surface area (Å²) < 4.78 is 4.58. The van der Waals surface area contributed by atoms with Gasteiger partial charge in [-0.2, -0.15) is 0 Å². The van der Waals surface area contributed by atoms with Crippen molar-refractivity contribution in [2.45, 2.75) is 26.2 Å². The van der Waals surface area contributed by atoms with Gasteiger partial charge in [0.1, 0.15) is 5.78 Å². The van der Waals surface area contributed by atoms with Gasteiger partial charge in [-0.3, -0.25) is 9.59 Å². The van der Waals surface area contributed by atoms with E-state index in [1.54, 1.807) is 0 Å². The van der Waals surface area contributed by atoms with Gasteiger partial charge in [0.15, 0.2) is 0 Å². The van der Waals surface area contributed by atoms with Crippen molar-refractivity contribution in [3.05, 3.63) is 0 Å². The first-order chi connectivity index (χ1) is 5.65. The molecule has 0 N–H and O–H groups in total. The minimum absolute atomic E-state index is 0.130. The molecule has 1 saturated carbocycles. The van der Waals surface area contributed by atoms with Crippen molar-refractivity contribution in [2.75, 3.05) is 7.11 Å². The zero-order chi connectivity index (χ0) is 9.14. The molecule has 0 saturated heterocycles. The normalized spacial score (nSPS) is 30.0. The van der Waals surface area contributed by atoms with Gasteiger partial charge in [-0.05, 0) is 12.8 Å². The van der Waals surface area contributed by atoms with Gasteiger partial charge in [-0.15, -0.1) is 0 Å². The maximum Gasteiger partial charge on any atom is 0.309 e. The van der Waals surface area contributed by atoms with Crippen LogP contribution in [0.4, 0.5) is 0 Å². The van der Waals surface area contributed by atoms with Crippen LogP contribution in [0.25, 0.3) is 0 Å². The predicted molar refractivity (Wildman–Crippen MR) is 43.5 cm³/mol. The van der Waals surface area contributed by atoms with Crippen molar-refractivity contribution in [3.8, 4) is 0 Å². The first kappa shape index (κ1) is 9.23. The maximum atomic E-state index is 11.2. The SMILES string of the molecule is COC(=O)[C@@H]1CC[C@H](C)C(=O)C1. The lowest BCUT2D eigenvalue weighted by Crippen LogP contribution is -2.28. The summed E-state index contributed by atoms with van der Waals surface area (Å²) in [4.78, 5) is 22.3. The van der Waals surface area contributed by atoms with Crippen LogP contribution in [-0.4, -0.2) is 18.9 Å². The van der Waals surface area contributed by atoms with E-state index in [1.807, 2.05) is 6.92 Å². The smallest absolute Gasteiger partial charge is 0.309 e. The Morgan fingerprint density at radius 3 is 2.67 bits per heavy atom. The highest BCUT2D eigenvalue weighted by Gasteiger charge is 2.30. The van der Waals surface area contributed by atoms with E-state index >= 15 is 0 Å². The molecule has 3 heteroatoms. The quantitative estimate of drug-likeness (QED) is 0.555. The summed E-state index contributed by atoms with van der Waals surface area (Å²) in [5.74, 6) is -0.100. The van der Waals surface area contributed by atoms with Gasteiger partial charge < -0.3 is 4.74 Å². The van der Waals surface area contributed by atoms with Crippen molar-refractivity contribution in [2.24, 2.45) is 11.8 Å². The second-order valence-corrected chi connectivity index (χ2v) is 3.37. The zero-order valence-corrected chi connectivity index (χ0v) is 7.50. The van der Waals surface area contributed by atoms with E-state index in [2.05, 4.69) is 4.74 Å². The summed E-state index contributed by atoms with van der Waals surface area (Å²) in [6.07, 6.45) is 1.98. The molecule has 12 heavy (non-hydrogen) atoms. The molecule has 1 aliphatic rings. The Bertz CT molecular complexity index is 196. The van der Waals surface area contributed by atoms with Crippen molar-refractivity contribution in [3.63, 3.8) is 0 Å². The number of carbonyl (C=O) groups is 2. The van der Waals surface area contributed by atoms with E-state index in [4.69, 9.17) is 0 Å². The standard InChI is InChI=1S/C9H14O3/c1-6-3-4-7(5-8(6)10)9(11)12-2/h6-7H,3-5H2,1-2H3/t6-,7+/m0/s1. The summed E-state index contributed by atoms with van der Waals surface area (Å²) in [5, 5.41) is 0. The second-order valence-electron chi connectivity index (χ2n) is 3.37. The molecule has 0 aromatic carbocycles. The molecule has 68 valence electrons. The summed E-state index contributed by atoms with van der Waals surface area (Å²) >= 11 is 0. The average molecular weight is 170 g/mol. The molecule has 0 spiro atoms. The molecule has 0 amide bonds. The minimum atomic E-state index is -0.241. The van der Waals surface area contributed by atoms with Crippen molar-refractivity contribution < 1.29 is 14.3 Å². The fourth-order valence-electron chi connectivity index (χ4n) is 1.53. The molecule has 0 unspecified atom stereocenters. The van der Waals surface area contributed by atoms with Crippen molar-refractivity contribution >= 4 is 11.8 Å². The van der Waals surface area contributed by atoms with E-state index in [0.717, 1.165) is 12.8 Å². The molecular formula is C9H14O3.